The van der Waals surface area contributed by atoms with E-state index >= 15 is 0 Å². The maximum atomic E-state index is 10.9. The lowest BCUT2D eigenvalue weighted by Gasteiger charge is -2.17. The molecule has 1 aliphatic heterocycles. The quantitative estimate of drug-likeness (QED) is 0.121. The van der Waals surface area contributed by atoms with Crippen LogP contribution in [0.25, 0.3) is 11.2 Å². The smallest absolute Gasteiger partial charge is 0.387 e. The van der Waals surface area contributed by atoms with E-state index < -0.39 is 46.8 Å². The lowest BCUT2D eigenvalue weighted by atomic mass is 10.1. The van der Waals surface area contributed by atoms with E-state index in [1.54, 1.807) is 0 Å². The van der Waals surface area contributed by atoms with Crippen LogP contribution >= 0.6 is 15.6 Å². The van der Waals surface area contributed by atoms with E-state index in [4.69, 9.17) is 34.5 Å². The molecule has 186 valence electrons. The van der Waals surface area contributed by atoms with Crippen molar-refractivity contribution in [3.8, 4) is 0 Å². The van der Waals surface area contributed by atoms with E-state index in [2.05, 4.69) is 19.0 Å². The highest BCUT2D eigenvalue weighted by Gasteiger charge is 2.45. The van der Waals surface area contributed by atoms with Crippen LogP contribution in [0.2, 0.25) is 0 Å². The number of nitrogens with one attached hydrogen (secondary N) is 1. The van der Waals surface area contributed by atoms with Gasteiger partial charge in [0.1, 0.15) is 23.8 Å². The molecular formula is C14H23N5O12P2. The van der Waals surface area contributed by atoms with E-state index in [1.807, 2.05) is 0 Å². The number of aromatic nitrogens is 4. The van der Waals surface area contributed by atoms with Gasteiger partial charge in [-0.25, -0.2) is 19.1 Å². The Hall–Kier alpha value is -1.59. The summed E-state index contributed by atoms with van der Waals surface area (Å²) in [4.78, 5) is 43.1. The van der Waals surface area contributed by atoms with Gasteiger partial charge in [0, 0.05) is 6.54 Å². The zero-order valence-corrected chi connectivity index (χ0v) is 18.6. The second-order valence-electron chi connectivity index (χ2n) is 6.88. The number of aliphatic hydroxyl groups is 2. The van der Waals surface area contributed by atoms with Gasteiger partial charge < -0.3 is 43.8 Å². The number of imidazole rings is 1. The molecule has 1 aliphatic rings. The molecule has 3 heterocycles. The largest absolute Gasteiger partial charge is 0.469 e. The van der Waals surface area contributed by atoms with Crippen LogP contribution in [0, 0.1) is 5.41 Å². The third kappa shape index (κ3) is 6.73. The minimum atomic E-state index is -4.80. The van der Waals surface area contributed by atoms with Crippen molar-refractivity contribution in [1.82, 2.24) is 19.1 Å². The second-order valence-corrected chi connectivity index (χ2v) is 9.36. The highest BCUT2D eigenvalue weighted by atomic mass is 31.2. The van der Waals surface area contributed by atoms with Gasteiger partial charge in [-0.3, -0.25) is 19.0 Å². The fraction of sp³-hybridized carbons (Fsp3) is 0.643. The molecule has 0 bridgehead atoms. The Labute approximate surface area is 185 Å². The molecule has 0 amide bonds. The summed E-state index contributed by atoms with van der Waals surface area (Å²) in [5.41, 5.74) is 0.241. The molecule has 4 atom stereocenters. The Morgan fingerprint density at radius 3 is 2.36 bits per heavy atom. The summed E-state index contributed by atoms with van der Waals surface area (Å²) in [6.07, 6.45) is -2.87. The van der Waals surface area contributed by atoms with Gasteiger partial charge in [-0.05, 0) is 0 Å². The number of rotatable bonds is 11. The zero-order chi connectivity index (χ0) is 24.4. The van der Waals surface area contributed by atoms with Crippen molar-refractivity contribution in [3.63, 3.8) is 0 Å². The van der Waals surface area contributed by atoms with Crippen molar-refractivity contribution in [2.45, 2.75) is 31.1 Å². The number of phosphoric ester groups is 2. The van der Waals surface area contributed by atoms with E-state index in [-0.39, 0.29) is 43.0 Å². The van der Waals surface area contributed by atoms with Crippen LogP contribution in [0.3, 0.4) is 0 Å². The lowest BCUT2D eigenvalue weighted by molar-refractivity contribution is -0.0504. The molecule has 19 heteroatoms. The number of fused-ring (bicyclic) bond motifs is 1. The van der Waals surface area contributed by atoms with Crippen LogP contribution in [0.5, 0.6) is 0 Å². The third-order valence-electron chi connectivity index (χ3n) is 4.58. The summed E-state index contributed by atoms with van der Waals surface area (Å²) in [6, 6.07) is 0. The van der Waals surface area contributed by atoms with Crippen LogP contribution in [0.15, 0.2) is 12.7 Å². The van der Waals surface area contributed by atoms with Gasteiger partial charge >= 0.3 is 15.6 Å². The molecule has 33 heavy (non-hydrogen) atoms. The van der Waals surface area contributed by atoms with Crippen molar-refractivity contribution >= 4 is 26.8 Å². The van der Waals surface area contributed by atoms with Crippen LogP contribution in [-0.4, -0.2) is 93.6 Å². The summed E-state index contributed by atoms with van der Waals surface area (Å²) in [5.74, 6) is 0. The molecular weight excluding hydrogens is 492 g/mol. The molecule has 7 N–H and O–H groups in total. The highest BCUT2D eigenvalue weighted by molar-refractivity contribution is 7.46. The standard InChI is InChI=1S/C14H23N5O12P2/c15-12-9-13(17-6-18(12)1-2-28-3-4-29-32(22,23)24)19(7-16-9)14-11(21)10(20)8(31-14)5-30-33(25,26)27/h6-8,10-11,14-15,20-21H,1-5H2,(H2,22,23,24)(H2,25,26,27)/t8-,10-,11-,14-/m1/s1. The first kappa shape index (κ1) is 26.0. The molecule has 2 aromatic rings. The first-order valence-corrected chi connectivity index (χ1v) is 12.4. The van der Waals surface area contributed by atoms with Crippen LogP contribution < -0.4 is 5.49 Å². The second kappa shape index (κ2) is 10.4. The van der Waals surface area contributed by atoms with Crippen molar-refractivity contribution in [2.24, 2.45) is 0 Å². The molecule has 3 rings (SSSR count). The third-order valence-corrected chi connectivity index (χ3v) is 5.58. The Morgan fingerprint density at radius 2 is 1.70 bits per heavy atom. The summed E-state index contributed by atoms with van der Waals surface area (Å²) < 4.78 is 43.4. The van der Waals surface area contributed by atoms with E-state index in [1.165, 1.54) is 21.8 Å². The molecule has 0 radical (unpaired) electrons. The van der Waals surface area contributed by atoms with Gasteiger partial charge in [0.25, 0.3) is 0 Å². The van der Waals surface area contributed by atoms with Gasteiger partial charge in [-0.2, -0.15) is 0 Å². The van der Waals surface area contributed by atoms with Crippen molar-refractivity contribution in [2.75, 3.05) is 26.4 Å². The molecule has 0 spiro atoms. The number of nitrogens with zero attached hydrogens (tertiary/aromatic N) is 4. The molecule has 0 aromatic carbocycles. The monoisotopic (exact) mass is 515 g/mol. The fourth-order valence-corrected chi connectivity index (χ4v) is 3.72. The van der Waals surface area contributed by atoms with Gasteiger partial charge in [-0.15, -0.1) is 0 Å². The van der Waals surface area contributed by atoms with E-state index in [0.29, 0.717) is 0 Å². The average Bonchev–Trinajstić information content (AvgIpc) is 3.25. The Kier molecular flexibility index (Phi) is 8.16. The SMILES string of the molecule is N=c1c2ncn([C@@H]3O[C@H](COP(=O)(O)O)[C@@H](O)[C@H]3O)c2ncn1CCOCCOP(=O)(O)O. The number of hydrogen-bond donors (Lipinski definition) is 7. The molecule has 17 nitrogen and oxygen atoms in total. The predicted molar refractivity (Wildman–Crippen MR) is 104 cm³/mol. The minimum absolute atomic E-state index is 0.0526. The summed E-state index contributed by atoms with van der Waals surface area (Å²) in [7, 11) is -9.36. The predicted octanol–water partition coefficient (Wildman–Crippen LogP) is -2.43. The van der Waals surface area contributed by atoms with Crippen LogP contribution in [0.1, 0.15) is 6.23 Å². The van der Waals surface area contributed by atoms with Gasteiger partial charge in [0.15, 0.2) is 17.4 Å². The minimum Gasteiger partial charge on any atom is -0.387 e. The maximum absolute atomic E-state index is 10.9. The highest BCUT2D eigenvalue weighted by Crippen LogP contribution is 2.38. The fourth-order valence-electron chi connectivity index (χ4n) is 3.07. The van der Waals surface area contributed by atoms with Crippen molar-refractivity contribution < 1.29 is 57.4 Å². The maximum Gasteiger partial charge on any atom is 0.469 e. The number of aliphatic hydroxyl groups excluding tert-OH is 2. The van der Waals surface area contributed by atoms with Crippen LogP contribution in [0.4, 0.5) is 0 Å². The van der Waals surface area contributed by atoms with E-state index in [9.17, 15) is 19.3 Å². The summed E-state index contributed by atoms with van der Waals surface area (Å²) in [5, 5.41) is 28.7. The summed E-state index contributed by atoms with van der Waals surface area (Å²) in [6.45, 7) is -0.780. The van der Waals surface area contributed by atoms with Gasteiger partial charge in [0.05, 0.1) is 39.1 Å². The first-order valence-electron chi connectivity index (χ1n) is 9.33. The Balaban J connectivity index is 1.65. The van der Waals surface area contributed by atoms with Crippen LogP contribution in [-0.2, 0) is 34.2 Å². The number of phosphoric acid groups is 2. The number of hydrogen-bond acceptors (Lipinski definition) is 11. The number of ether oxygens (including phenoxy) is 2. The van der Waals surface area contributed by atoms with Gasteiger partial charge in [0.2, 0.25) is 0 Å². The first-order chi connectivity index (χ1) is 15.4. The summed E-state index contributed by atoms with van der Waals surface area (Å²) >= 11 is 0. The molecule has 0 saturated carbocycles. The average molecular weight is 515 g/mol. The Morgan fingerprint density at radius 1 is 1.00 bits per heavy atom. The molecule has 1 fully saturated rings. The van der Waals surface area contributed by atoms with E-state index in [0.717, 1.165) is 0 Å². The normalized spacial score (nSPS) is 24.1. The Bertz CT molecular complexity index is 1110. The topological polar surface area (TPSA) is 252 Å². The van der Waals surface area contributed by atoms with Gasteiger partial charge in [-0.1, -0.05) is 0 Å². The lowest BCUT2D eigenvalue weighted by Crippen LogP contribution is -2.33. The molecule has 0 aliphatic carbocycles. The van der Waals surface area contributed by atoms with Crippen molar-refractivity contribution in [1.29, 1.82) is 5.41 Å². The molecule has 0 unspecified atom stereocenters. The zero-order valence-electron chi connectivity index (χ0n) is 16.8. The van der Waals surface area contributed by atoms with Crippen molar-refractivity contribution in [3.05, 3.63) is 18.1 Å². The molecule has 2 aromatic heterocycles. The molecule has 1 saturated heterocycles.